The van der Waals surface area contributed by atoms with Gasteiger partial charge in [-0.2, -0.15) is 0 Å². The standard InChI is InChI=1S/C15H28N2O2/c1-7-11(8-2)17-13(19)15(9-3,10-4)16-12(18)14(17,5)6/h11H,7-10H2,1-6H3,(H,16,18). The zero-order valence-electron chi connectivity index (χ0n) is 13.2. The molecule has 110 valence electrons. The number of amides is 2. The van der Waals surface area contributed by atoms with E-state index in [0.717, 1.165) is 12.8 Å². The van der Waals surface area contributed by atoms with Crippen molar-refractivity contribution in [3.63, 3.8) is 0 Å². The lowest BCUT2D eigenvalue weighted by Crippen LogP contribution is -2.75. The van der Waals surface area contributed by atoms with Crippen LogP contribution in [0.5, 0.6) is 0 Å². The molecule has 1 aliphatic heterocycles. The molecule has 2 amide bonds. The smallest absolute Gasteiger partial charge is 0.249 e. The second-order valence-corrected chi connectivity index (χ2v) is 5.95. The molecule has 0 aromatic rings. The highest BCUT2D eigenvalue weighted by atomic mass is 16.2. The highest BCUT2D eigenvalue weighted by Gasteiger charge is 2.54. The SMILES string of the molecule is CCC(CC)N1C(=O)C(CC)(CC)NC(=O)C1(C)C. The molecular weight excluding hydrogens is 240 g/mol. The Bertz CT molecular complexity index is 355. The van der Waals surface area contributed by atoms with Gasteiger partial charge >= 0.3 is 0 Å². The number of hydrogen-bond acceptors (Lipinski definition) is 2. The summed E-state index contributed by atoms with van der Waals surface area (Å²) in [4.78, 5) is 27.2. The van der Waals surface area contributed by atoms with Gasteiger partial charge in [-0.05, 0) is 39.5 Å². The van der Waals surface area contributed by atoms with Crippen molar-refractivity contribution in [2.75, 3.05) is 0 Å². The first kappa shape index (κ1) is 16.0. The molecule has 0 unspecified atom stereocenters. The van der Waals surface area contributed by atoms with Crippen molar-refractivity contribution in [3.05, 3.63) is 0 Å². The summed E-state index contributed by atoms with van der Waals surface area (Å²) in [5.41, 5.74) is -1.48. The Hall–Kier alpha value is -1.06. The van der Waals surface area contributed by atoms with Crippen LogP contribution in [-0.4, -0.2) is 33.8 Å². The molecule has 1 N–H and O–H groups in total. The Labute approximate surface area is 116 Å². The third-order valence-corrected chi connectivity index (χ3v) is 4.65. The van der Waals surface area contributed by atoms with Crippen molar-refractivity contribution in [2.45, 2.75) is 84.3 Å². The monoisotopic (exact) mass is 268 g/mol. The molecule has 0 spiro atoms. The van der Waals surface area contributed by atoms with E-state index in [0.29, 0.717) is 12.8 Å². The minimum Gasteiger partial charge on any atom is -0.340 e. The predicted molar refractivity (Wildman–Crippen MR) is 76.8 cm³/mol. The van der Waals surface area contributed by atoms with Crippen LogP contribution in [0.15, 0.2) is 0 Å². The third-order valence-electron chi connectivity index (χ3n) is 4.65. The number of carbonyl (C=O) groups excluding carboxylic acids is 2. The van der Waals surface area contributed by atoms with E-state index < -0.39 is 11.1 Å². The Kier molecular flexibility index (Phi) is 4.64. The van der Waals surface area contributed by atoms with Gasteiger partial charge in [0.1, 0.15) is 11.1 Å². The summed E-state index contributed by atoms with van der Waals surface area (Å²) < 4.78 is 0. The Balaban J connectivity index is 3.28. The van der Waals surface area contributed by atoms with Crippen molar-refractivity contribution in [3.8, 4) is 0 Å². The van der Waals surface area contributed by atoms with Gasteiger partial charge in [0.15, 0.2) is 0 Å². The van der Waals surface area contributed by atoms with Gasteiger partial charge in [-0.15, -0.1) is 0 Å². The van der Waals surface area contributed by atoms with Gasteiger partial charge in [0.2, 0.25) is 11.8 Å². The molecule has 0 aromatic heterocycles. The lowest BCUT2D eigenvalue weighted by Gasteiger charge is -2.52. The van der Waals surface area contributed by atoms with E-state index in [9.17, 15) is 9.59 Å². The van der Waals surface area contributed by atoms with Crippen molar-refractivity contribution < 1.29 is 9.59 Å². The number of nitrogens with one attached hydrogen (secondary N) is 1. The van der Waals surface area contributed by atoms with Crippen molar-refractivity contribution >= 4 is 11.8 Å². The van der Waals surface area contributed by atoms with Crippen LogP contribution in [0.3, 0.4) is 0 Å². The zero-order chi connectivity index (χ0) is 14.8. The van der Waals surface area contributed by atoms with E-state index in [-0.39, 0.29) is 17.9 Å². The summed E-state index contributed by atoms with van der Waals surface area (Å²) in [5.74, 6) is 0.0403. The summed E-state index contributed by atoms with van der Waals surface area (Å²) in [5, 5.41) is 2.97. The van der Waals surface area contributed by atoms with E-state index in [1.54, 1.807) is 0 Å². The van der Waals surface area contributed by atoms with Gasteiger partial charge in [-0.25, -0.2) is 0 Å². The van der Waals surface area contributed by atoms with E-state index >= 15 is 0 Å². The third kappa shape index (κ3) is 2.37. The Morgan fingerprint density at radius 3 is 1.89 bits per heavy atom. The maximum Gasteiger partial charge on any atom is 0.249 e. The lowest BCUT2D eigenvalue weighted by atomic mass is 9.82. The van der Waals surface area contributed by atoms with Crippen LogP contribution in [0.2, 0.25) is 0 Å². The Morgan fingerprint density at radius 1 is 1.05 bits per heavy atom. The van der Waals surface area contributed by atoms with Gasteiger partial charge in [0.05, 0.1) is 0 Å². The van der Waals surface area contributed by atoms with Crippen LogP contribution >= 0.6 is 0 Å². The molecule has 0 saturated carbocycles. The number of piperazine rings is 1. The van der Waals surface area contributed by atoms with Crippen molar-refractivity contribution in [1.82, 2.24) is 10.2 Å². The van der Waals surface area contributed by atoms with Gasteiger partial charge in [-0.1, -0.05) is 27.7 Å². The second-order valence-electron chi connectivity index (χ2n) is 5.95. The van der Waals surface area contributed by atoms with Gasteiger partial charge in [-0.3, -0.25) is 9.59 Å². The highest BCUT2D eigenvalue weighted by molar-refractivity contribution is 6.02. The summed E-state index contributed by atoms with van der Waals surface area (Å²) in [6.07, 6.45) is 3.03. The van der Waals surface area contributed by atoms with Crippen molar-refractivity contribution in [1.29, 1.82) is 0 Å². The average molecular weight is 268 g/mol. The van der Waals surface area contributed by atoms with Crippen LogP contribution < -0.4 is 5.32 Å². The average Bonchev–Trinajstić information content (AvgIpc) is 2.39. The number of hydrogen-bond donors (Lipinski definition) is 1. The van der Waals surface area contributed by atoms with E-state index in [1.807, 2.05) is 32.6 Å². The molecule has 0 aliphatic carbocycles. The highest BCUT2D eigenvalue weighted by Crippen LogP contribution is 2.33. The van der Waals surface area contributed by atoms with Crippen LogP contribution in [-0.2, 0) is 9.59 Å². The molecule has 1 rings (SSSR count). The van der Waals surface area contributed by atoms with E-state index in [2.05, 4.69) is 19.2 Å². The zero-order valence-corrected chi connectivity index (χ0v) is 13.2. The summed E-state index contributed by atoms with van der Waals surface area (Å²) in [7, 11) is 0. The molecule has 1 saturated heterocycles. The number of nitrogens with zero attached hydrogens (tertiary/aromatic N) is 1. The number of rotatable bonds is 5. The first-order valence-corrected chi connectivity index (χ1v) is 7.47. The number of carbonyl (C=O) groups is 2. The minimum absolute atomic E-state index is 0.0392. The second kappa shape index (κ2) is 5.51. The summed E-state index contributed by atoms with van der Waals surface area (Å²) in [6, 6.07) is 0.131. The Morgan fingerprint density at radius 2 is 1.53 bits per heavy atom. The van der Waals surface area contributed by atoms with Crippen LogP contribution in [0.4, 0.5) is 0 Å². The molecule has 0 aromatic carbocycles. The minimum atomic E-state index is -0.762. The lowest BCUT2D eigenvalue weighted by molar-refractivity contribution is -0.165. The fourth-order valence-electron chi connectivity index (χ4n) is 3.02. The molecule has 0 bridgehead atoms. The fourth-order valence-corrected chi connectivity index (χ4v) is 3.02. The van der Waals surface area contributed by atoms with Crippen LogP contribution in [0.1, 0.15) is 67.2 Å². The first-order valence-electron chi connectivity index (χ1n) is 7.47. The predicted octanol–water partition coefficient (Wildman–Crippen LogP) is 2.47. The fraction of sp³-hybridized carbons (Fsp3) is 0.867. The molecule has 4 heteroatoms. The summed E-state index contributed by atoms with van der Waals surface area (Å²) in [6.45, 7) is 11.8. The molecule has 1 fully saturated rings. The molecule has 0 radical (unpaired) electrons. The van der Waals surface area contributed by atoms with E-state index in [1.165, 1.54) is 0 Å². The van der Waals surface area contributed by atoms with Gasteiger partial charge < -0.3 is 10.2 Å². The molecule has 1 heterocycles. The molecule has 19 heavy (non-hydrogen) atoms. The largest absolute Gasteiger partial charge is 0.340 e. The quantitative estimate of drug-likeness (QED) is 0.832. The molecule has 0 atom stereocenters. The van der Waals surface area contributed by atoms with Crippen LogP contribution in [0, 0.1) is 0 Å². The van der Waals surface area contributed by atoms with Crippen molar-refractivity contribution in [2.24, 2.45) is 0 Å². The van der Waals surface area contributed by atoms with Gasteiger partial charge in [0, 0.05) is 6.04 Å². The van der Waals surface area contributed by atoms with Gasteiger partial charge in [0.25, 0.3) is 0 Å². The maximum absolute atomic E-state index is 12.9. The summed E-state index contributed by atoms with van der Waals surface area (Å²) >= 11 is 0. The van der Waals surface area contributed by atoms with Crippen LogP contribution in [0.25, 0.3) is 0 Å². The van der Waals surface area contributed by atoms with E-state index in [4.69, 9.17) is 0 Å². The first-order chi connectivity index (χ1) is 8.80. The molecule has 1 aliphatic rings. The molecular formula is C15H28N2O2. The topological polar surface area (TPSA) is 49.4 Å². The normalized spacial score (nSPS) is 21.7. The molecule has 4 nitrogen and oxygen atoms in total. The maximum atomic E-state index is 12.9.